The summed E-state index contributed by atoms with van der Waals surface area (Å²) in [6, 6.07) is 8.67. The van der Waals surface area contributed by atoms with E-state index in [2.05, 4.69) is 20.6 Å². The molecular formula is C17H18F2N6. The molecule has 8 heteroatoms. The van der Waals surface area contributed by atoms with Crippen LogP contribution in [-0.2, 0) is 0 Å². The van der Waals surface area contributed by atoms with Crippen molar-refractivity contribution in [3.05, 3.63) is 36.0 Å². The molecule has 0 aliphatic heterocycles. The molecule has 0 aromatic carbocycles. The normalized spacial score (nSPS) is 16.8. The number of hydrogen-bond acceptors (Lipinski definition) is 6. The van der Waals surface area contributed by atoms with Crippen LogP contribution in [0.1, 0.15) is 31.2 Å². The Balaban J connectivity index is 1.69. The first kappa shape index (κ1) is 16.9. The van der Waals surface area contributed by atoms with Gasteiger partial charge in [-0.05, 0) is 37.1 Å². The SMILES string of the molecule is N#Cc1ccc(Nc2nc(NC3CCC(F)(F)CC3)ccc2N)nc1. The summed E-state index contributed by atoms with van der Waals surface area (Å²) in [5.74, 6) is -1.06. The van der Waals surface area contributed by atoms with Gasteiger partial charge in [-0.15, -0.1) is 0 Å². The minimum Gasteiger partial charge on any atom is -0.396 e. The Kier molecular flexibility index (Phi) is 4.65. The highest BCUT2D eigenvalue weighted by Gasteiger charge is 2.34. The molecule has 0 radical (unpaired) electrons. The van der Waals surface area contributed by atoms with Crippen LogP contribution in [0, 0.1) is 11.3 Å². The lowest BCUT2D eigenvalue weighted by Gasteiger charge is -2.29. The molecule has 130 valence electrons. The molecule has 0 spiro atoms. The van der Waals surface area contributed by atoms with Gasteiger partial charge in [0.25, 0.3) is 0 Å². The summed E-state index contributed by atoms with van der Waals surface area (Å²) in [7, 11) is 0. The van der Waals surface area contributed by atoms with E-state index in [0.717, 1.165) is 0 Å². The predicted molar refractivity (Wildman–Crippen MR) is 91.7 cm³/mol. The largest absolute Gasteiger partial charge is 0.396 e. The van der Waals surface area contributed by atoms with E-state index in [-0.39, 0.29) is 18.9 Å². The fourth-order valence-corrected chi connectivity index (χ4v) is 2.70. The molecule has 1 fully saturated rings. The van der Waals surface area contributed by atoms with Crippen LogP contribution in [-0.4, -0.2) is 21.9 Å². The number of nitrogens with two attached hydrogens (primary N) is 1. The van der Waals surface area contributed by atoms with Crippen molar-refractivity contribution < 1.29 is 8.78 Å². The van der Waals surface area contributed by atoms with Crippen molar-refractivity contribution in [2.75, 3.05) is 16.4 Å². The molecule has 0 saturated heterocycles. The number of nitrogens with one attached hydrogen (secondary N) is 2. The van der Waals surface area contributed by atoms with Gasteiger partial charge in [0.1, 0.15) is 17.7 Å². The molecule has 0 bridgehead atoms. The first-order chi connectivity index (χ1) is 11.9. The smallest absolute Gasteiger partial charge is 0.248 e. The second kappa shape index (κ2) is 6.89. The second-order valence-electron chi connectivity index (χ2n) is 6.08. The first-order valence-electron chi connectivity index (χ1n) is 7.99. The average molecular weight is 344 g/mol. The summed E-state index contributed by atoms with van der Waals surface area (Å²) in [4.78, 5) is 8.52. The summed E-state index contributed by atoms with van der Waals surface area (Å²) in [6.07, 6.45) is 2.03. The maximum atomic E-state index is 13.2. The maximum Gasteiger partial charge on any atom is 0.248 e. The van der Waals surface area contributed by atoms with E-state index in [1.807, 2.05) is 6.07 Å². The van der Waals surface area contributed by atoms with E-state index < -0.39 is 5.92 Å². The van der Waals surface area contributed by atoms with Crippen molar-refractivity contribution in [3.8, 4) is 6.07 Å². The number of hydrogen-bond donors (Lipinski definition) is 3. The Morgan fingerprint density at radius 2 is 1.88 bits per heavy atom. The molecule has 3 rings (SSSR count). The summed E-state index contributed by atoms with van der Waals surface area (Å²) in [5.41, 5.74) is 6.82. The number of rotatable bonds is 4. The molecule has 0 unspecified atom stereocenters. The van der Waals surface area contributed by atoms with Crippen LogP contribution in [0.2, 0.25) is 0 Å². The number of nitriles is 1. The molecule has 4 N–H and O–H groups in total. The summed E-state index contributed by atoms with van der Waals surface area (Å²) < 4.78 is 26.5. The van der Waals surface area contributed by atoms with Crippen molar-refractivity contribution in [1.29, 1.82) is 5.26 Å². The van der Waals surface area contributed by atoms with Gasteiger partial charge in [0.05, 0.1) is 11.3 Å². The topological polar surface area (TPSA) is 99.7 Å². The molecule has 2 heterocycles. The Hall–Kier alpha value is -2.95. The van der Waals surface area contributed by atoms with Gasteiger partial charge < -0.3 is 16.4 Å². The zero-order chi connectivity index (χ0) is 17.9. The zero-order valence-corrected chi connectivity index (χ0v) is 13.5. The van der Waals surface area contributed by atoms with Crippen molar-refractivity contribution in [1.82, 2.24) is 9.97 Å². The molecule has 1 aliphatic rings. The van der Waals surface area contributed by atoms with Gasteiger partial charge in [0.2, 0.25) is 5.92 Å². The third kappa shape index (κ3) is 4.32. The number of alkyl halides is 2. The number of nitrogens with zero attached hydrogens (tertiary/aromatic N) is 3. The Bertz CT molecular complexity index is 775. The van der Waals surface area contributed by atoms with Crippen LogP contribution in [0.25, 0.3) is 0 Å². The van der Waals surface area contributed by atoms with Gasteiger partial charge in [0, 0.05) is 25.1 Å². The van der Waals surface area contributed by atoms with Gasteiger partial charge in [-0.3, -0.25) is 0 Å². The van der Waals surface area contributed by atoms with Crippen LogP contribution in [0.15, 0.2) is 30.5 Å². The minimum atomic E-state index is -2.55. The van der Waals surface area contributed by atoms with Crippen LogP contribution in [0.4, 0.5) is 31.9 Å². The zero-order valence-electron chi connectivity index (χ0n) is 13.5. The van der Waals surface area contributed by atoms with E-state index in [1.165, 1.54) is 6.20 Å². The molecule has 25 heavy (non-hydrogen) atoms. The maximum absolute atomic E-state index is 13.2. The summed E-state index contributed by atoms with van der Waals surface area (Å²) in [6.45, 7) is 0. The third-order valence-electron chi connectivity index (χ3n) is 4.13. The molecule has 2 aromatic heterocycles. The highest BCUT2D eigenvalue weighted by Crippen LogP contribution is 2.34. The van der Waals surface area contributed by atoms with E-state index >= 15 is 0 Å². The van der Waals surface area contributed by atoms with E-state index in [4.69, 9.17) is 11.0 Å². The van der Waals surface area contributed by atoms with Crippen LogP contribution < -0.4 is 16.4 Å². The van der Waals surface area contributed by atoms with Crippen LogP contribution in [0.3, 0.4) is 0 Å². The fraction of sp³-hybridized carbons (Fsp3) is 0.353. The van der Waals surface area contributed by atoms with E-state index in [0.29, 0.717) is 41.5 Å². The number of aromatic nitrogens is 2. The van der Waals surface area contributed by atoms with Crippen LogP contribution in [0.5, 0.6) is 0 Å². The Labute approximate surface area is 144 Å². The summed E-state index contributed by atoms with van der Waals surface area (Å²) in [5, 5.41) is 15.0. The van der Waals surface area contributed by atoms with Gasteiger partial charge >= 0.3 is 0 Å². The van der Waals surface area contributed by atoms with Crippen LogP contribution >= 0.6 is 0 Å². The van der Waals surface area contributed by atoms with Crippen molar-refractivity contribution >= 4 is 23.1 Å². The molecular weight excluding hydrogens is 326 g/mol. The molecule has 1 saturated carbocycles. The minimum absolute atomic E-state index is 0.0309. The highest BCUT2D eigenvalue weighted by atomic mass is 19.3. The lowest BCUT2D eigenvalue weighted by atomic mass is 9.92. The number of anilines is 4. The van der Waals surface area contributed by atoms with E-state index in [1.54, 1.807) is 24.3 Å². The lowest BCUT2D eigenvalue weighted by molar-refractivity contribution is -0.0361. The van der Waals surface area contributed by atoms with Gasteiger partial charge in [-0.25, -0.2) is 18.7 Å². The van der Waals surface area contributed by atoms with Gasteiger partial charge in [-0.1, -0.05) is 0 Å². The van der Waals surface area contributed by atoms with E-state index in [9.17, 15) is 8.78 Å². The van der Waals surface area contributed by atoms with Gasteiger partial charge in [0.15, 0.2) is 5.82 Å². The Morgan fingerprint density at radius 1 is 1.16 bits per heavy atom. The average Bonchev–Trinajstić information content (AvgIpc) is 2.60. The molecule has 6 nitrogen and oxygen atoms in total. The first-order valence-corrected chi connectivity index (χ1v) is 7.99. The molecule has 2 aromatic rings. The van der Waals surface area contributed by atoms with Crippen molar-refractivity contribution in [2.45, 2.75) is 37.6 Å². The van der Waals surface area contributed by atoms with Gasteiger partial charge in [-0.2, -0.15) is 5.26 Å². The number of halogens is 2. The highest BCUT2D eigenvalue weighted by molar-refractivity contribution is 5.69. The number of nitrogen functional groups attached to an aromatic ring is 1. The lowest BCUT2D eigenvalue weighted by Crippen LogP contribution is -2.32. The Morgan fingerprint density at radius 3 is 2.52 bits per heavy atom. The number of pyridine rings is 2. The second-order valence-corrected chi connectivity index (χ2v) is 6.08. The standard InChI is InChI=1S/C17H18F2N6/c18-17(19)7-5-12(6-8-17)23-15-4-2-13(21)16(25-15)24-14-3-1-11(9-20)10-22-14/h1-4,10,12H,5-8,21H2,(H2,22,23,24,25). The fourth-order valence-electron chi connectivity index (χ4n) is 2.70. The van der Waals surface area contributed by atoms with Crippen molar-refractivity contribution in [3.63, 3.8) is 0 Å². The molecule has 0 amide bonds. The quantitative estimate of drug-likeness (QED) is 0.783. The molecule has 0 atom stereocenters. The predicted octanol–water partition coefficient (Wildman–Crippen LogP) is 3.66. The van der Waals surface area contributed by atoms with Crippen molar-refractivity contribution in [2.24, 2.45) is 0 Å². The summed E-state index contributed by atoms with van der Waals surface area (Å²) >= 11 is 0. The monoisotopic (exact) mass is 344 g/mol. The third-order valence-corrected chi connectivity index (χ3v) is 4.13. The molecule has 1 aliphatic carbocycles.